The number of aromatic amines is 1. The van der Waals surface area contributed by atoms with Gasteiger partial charge in [-0.1, -0.05) is 12.1 Å². The molecule has 8 nitrogen and oxygen atoms in total. The van der Waals surface area contributed by atoms with Gasteiger partial charge < -0.3 is 10.6 Å². The standard InChI is InChI=1S/C25H24F2N6O2/c1-15(17-11-18(25(2,26)27)14-19(12-17)28-3)30-24(35)22-7-8-23(34)33(32-22)20-6-4-5-16(13-20)21-9-10-29-31-21/h4-15,28H,1-3H3,(H,29,31)(H,30,35)/t15-/m1/s1. The quantitative estimate of drug-likeness (QED) is 0.368. The van der Waals surface area contributed by atoms with E-state index in [1.165, 1.54) is 24.3 Å². The Morgan fingerprint density at radius 1 is 1.11 bits per heavy atom. The van der Waals surface area contributed by atoms with Crippen molar-refractivity contribution < 1.29 is 13.6 Å². The molecule has 0 unspecified atom stereocenters. The number of hydrogen-bond donors (Lipinski definition) is 3. The number of halogens is 2. The van der Waals surface area contributed by atoms with Crippen LogP contribution >= 0.6 is 0 Å². The van der Waals surface area contributed by atoms with Crippen molar-refractivity contribution >= 4 is 11.6 Å². The zero-order valence-corrected chi connectivity index (χ0v) is 19.3. The minimum atomic E-state index is -3.03. The van der Waals surface area contributed by atoms with Gasteiger partial charge >= 0.3 is 0 Å². The van der Waals surface area contributed by atoms with Crippen LogP contribution in [0.25, 0.3) is 16.9 Å². The van der Waals surface area contributed by atoms with E-state index in [1.54, 1.807) is 50.5 Å². The van der Waals surface area contributed by atoms with Gasteiger partial charge in [-0.05, 0) is 55.0 Å². The molecule has 3 N–H and O–H groups in total. The zero-order valence-electron chi connectivity index (χ0n) is 19.3. The number of H-pyrrole nitrogens is 1. The first-order valence-electron chi connectivity index (χ1n) is 10.9. The Balaban J connectivity index is 1.61. The first-order valence-corrected chi connectivity index (χ1v) is 10.9. The van der Waals surface area contributed by atoms with E-state index in [0.29, 0.717) is 16.9 Å². The highest BCUT2D eigenvalue weighted by molar-refractivity contribution is 5.92. The molecule has 2 aromatic heterocycles. The van der Waals surface area contributed by atoms with Gasteiger partial charge in [0.2, 0.25) is 0 Å². The second kappa shape index (κ2) is 9.49. The lowest BCUT2D eigenvalue weighted by molar-refractivity contribution is 0.0174. The van der Waals surface area contributed by atoms with Gasteiger partial charge in [-0.15, -0.1) is 0 Å². The van der Waals surface area contributed by atoms with Crippen LogP contribution < -0.4 is 16.2 Å². The highest BCUT2D eigenvalue weighted by Crippen LogP contribution is 2.31. The third-order valence-electron chi connectivity index (χ3n) is 5.53. The van der Waals surface area contributed by atoms with Crippen molar-refractivity contribution in [1.29, 1.82) is 0 Å². The fourth-order valence-corrected chi connectivity index (χ4v) is 3.59. The topological polar surface area (TPSA) is 105 Å². The predicted octanol–water partition coefficient (Wildman–Crippen LogP) is 4.27. The molecule has 4 rings (SSSR count). The average molecular weight is 479 g/mol. The van der Waals surface area contributed by atoms with Crippen molar-refractivity contribution in [3.63, 3.8) is 0 Å². The van der Waals surface area contributed by atoms with E-state index in [0.717, 1.165) is 22.9 Å². The third-order valence-corrected chi connectivity index (χ3v) is 5.53. The largest absolute Gasteiger partial charge is 0.388 e. The molecule has 0 bridgehead atoms. The number of aromatic nitrogens is 4. The summed E-state index contributed by atoms with van der Waals surface area (Å²) in [5.41, 5.74) is 2.48. The third kappa shape index (κ3) is 5.26. The second-order valence-electron chi connectivity index (χ2n) is 8.17. The van der Waals surface area contributed by atoms with Gasteiger partial charge in [0.15, 0.2) is 0 Å². The minimum absolute atomic E-state index is 0.00853. The Morgan fingerprint density at radius 2 is 1.91 bits per heavy atom. The highest BCUT2D eigenvalue weighted by atomic mass is 19.3. The van der Waals surface area contributed by atoms with Crippen LogP contribution in [0.15, 0.2) is 71.7 Å². The van der Waals surface area contributed by atoms with Crippen molar-refractivity contribution in [2.75, 3.05) is 12.4 Å². The molecule has 0 radical (unpaired) electrons. The molecule has 0 aliphatic carbocycles. The molecular formula is C25H24F2N6O2. The van der Waals surface area contributed by atoms with Crippen LogP contribution in [0.2, 0.25) is 0 Å². The first-order chi connectivity index (χ1) is 16.7. The number of nitrogens with zero attached hydrogens (tertiary/aromatic N) is 3. The number of hydrogen-bond acceptors (Lipinski definition) is 5. The lowest BCUT2D eigenvalue weighted by Crippen LogP contribution is -2.30. The van der Waals surface area contributed by atoms with E-state index in [1.807, 2.05) is 6.07 Å². The lowest BCUT2D eigenvalue weighted by atomic mass is 10.0. The number of anilines is 1. The number of amides is 1. The molecule has 2 aromatic carbocycles. The molecule has 0 aliphatic rings. The Hall–Kier alpha value is -4.34. The molecule has 1 amide bonds. The number of carbonyl (C=O) groups excluding carboxylic acids is 1. The summed E-state index contributed by atoms with van der Waals surface area (Å²) < 4.78 is 29.0. The molecule has 0 spiro atoms. The van der Waals surface area contributed by atoms with Crippen molar-refractivity contribution in [3.8, 4) is 16.9 Å². The van der Waals surface area contributed by atoms with Crippen molar-refractivity contribution in [1.82, 2.24) is 25.3 Å². The normalized spacial score (nSPS) is 12.3. The summed E-state index contributed by atoms with van der Waals surface area (Å²) in [7, 11) is 1.63. The van der Waals surface area contributed by atoms with E-state index < -0.39 is 23.4 Å². The maximum atomic E-state index is 13.9. The Bertz CT molecular complexity index is 1410. The smallest absolute Gasteiger partial charge is 0.272 e. The average Bonchev–Trinajstić information content (AvgIpc) is 3.38. The molecule has 180 valence electrons. The van der Waals surface area contributed by atoms with Crippen LogP contribution in [0.5, 0.6) is 0 Å². The minimum Gasteiger partial charge on any atom is -0.388 e. The van der Waals surface area contributed by atoms with Gasteiger partial charge in [-0.2, -0.15) is 14.9 Å². The molecule has 0 saturated heterocycles. The van der Waals surface area contributed by atoms with Crippen LogP contribution in [0.3, 0.4) is 0 Å². The first kappa shape index (κ1) is 23.8. The Labute approximate surface area is 200 Å². The summed E-state index contributed by atoms with van der Waals surface area (Å²) in [6, 6.07) is 15.3. The summed E-state index contributed by atoms with van der Waals surface area (Å²) in [5, 5.41) is 16.7. The number of nitrogens with one attached hydrogen (secondary N) is 3. The lowest BCUT2D eigenvalue weighted by Gasteiger charge is -2.19. The highest BCUT2D eigenvalue weighted by Gasteiger charge is 2.26. The van der Waals surface area contributed by atoms with Crippen LogP contribution in [0, 0.1) is 0 Å². The van der Waals surface area contributed by atoms with Crippen molar-refractivity contribution in [3.05, 3.63) is 94.0 Å². The van der Waals surface area contributed by atoms with Crippen LogP contribution in [-0.4, -0.2) is 32.9 Å². The van der Waals surface area contributed by atoms with Gasteiger partial charge in [0.1, 0.15) is 5.69 Å². The van der Waals surface area contributed by atoms with Gasteiger partial charge in [0.25, 0.3) is 17.4 Å². The number of alkyl halides is 2. The van der Waals surface area contributed by atoms with Crippen LogP contribution in [0.4, 0.5) is 14.5 Å². The second-order valence-corrected chi connectivity index (χ2v) is 8.17. The fraction of sp³-hybridized carbons (Fsp3) is 0.200. The summed E-state index contributed by atoms with van der Waals surface area (Å²) in [6.07, 6.45) is 1.62. The van der Waals surface area contributed by atoms with Gasteiger partial charge in [0, 0.05) is 43.0 Å². The van der Waals surface area contributed by atoms with Crippen molar-refractivity contribution in [2.45, 2.75) is 25.8 Å². The molecule has 10 heteroatoms. The van der Waals surface area contributed by atoms with E-state index in [4.69, 9.17) is 0 Å². The van der Waals surface area contributed by atoms with Gasteiger partial charge in [-0.25, -0.2) is 8.78 Å². The summed E-state index contributed by atoms with van der Waals surface area (Å²) in [6.45, 7) is 2.51. The number of carbonyl (C=O) groups is 1. The van der Waals surface area contributed by atoms with Gasteiger partial charge in [-0.3, -0.25) is 14.7 Å². The summed E-state index contributed by atoms with van der Waals surface area (Å²) in [4.78, 5) is 25.5. The zero-order chi connectivity index (χ0) is 25.2. The molecular weight excluding hydrogens is 454 g/mol. The van der Waals surface area contributed by atoms with Crippen molar-refractivity contribution in [2.24, 2.45) is 0 Å². The molecule has 0 saturated carbocycles. The Kier molecular flexibility index (Phi) is 6.46. The SMILES string of the molecule is CNc1cc([C@@H](C)NC(=O)c2ccc(=O)n(-c3cccc(-c4ccn[nH]4)c3)n2)cc(C(C)(F)F)c1. The van der Waals surface area contributed by atoms with E-state index in [9.17, 15) is 18.4 Å². The van der Waals surface area contributed by atoms with E-state index in [2.05, 4.69) is 25.9 Å². The molecule has 4 aromatic rings. The van der Waals surface area contributed by atoms with E-state index >= 15 is 0 Å². The molecule has 35 heavy (non-hydrogen) atoms. The van der Waals surface area contributed by atoms with Gasteiger partial charge in [0.05, 0.1) is 17.4 Å². The molecule has 2 heterocycles. The number of benzene rings is 2. The summed E-state index contributed by atoms with van der Waals surface area (Å²) >= 11 is 0. The molecule has 1 atom stereocenters. The molecule has 0 fully saturated rings. The maximum absolute atomic E-state index is 13.9. The number of rotatable bonds is 7. The van der Waals surface area contributed by atoms with E-state index in [-0.39, 0.29) is 11.3 Å². The maximum Gasteiger partial charge on any atom is 0.272 e. The van der Waals surface area contributed by atoms with Crippen LogP contribution in [-0.2, 0) is 5.92 Å². The predicted molar refractivity (Wildman–Crippen MR) is 129 cm³/mol. The fourth-order valence-electron chi connectivity index (χ4n) is 3.59. The molecule has 0 aliphatic heterocycles. The summed E-state index contributed by atoms with van der Waals surface area (Å²) in [5.74, 6) is -3.58. The van der Waals surface area contributed by atoms with Crippen LogP contribution in [0.1, 0.15) is 41.5 Å². The Morgan fingerprint density at radius 3 is 2.60 bits per heavy atom. The monoisotopic (exact) mass is 478 g/mol.